The summed E-state index contributed by atoms with van der Waals surface area (Å²) in [6, 6.07) is 0. The van der Waals surface area contributed by atoms with Crippen LogP contribution in [0, 0.1) is 34.0 Å². The standard InChI is InChI=1S/C19H29NO2/c1-18-7-5-12(21)9-11(18)10-15(22)17-13-3-4-16(20)19(13,2)8-6-14(17)18/h10,12-15,17,20-22H,3-9H2,1-2H3/t12?,13-,14+,15?,17-,18-,19-/m0/s1. The molecule has 0 spiro atoms. The fourth-order valence-electron chi connectivity index (χ4n) is 6.44. The number of hydrogen-bond donors (Lipinski definition) is 3. The highest BCUT2D eigenvalue weighted by Gasteiger charge is 2.59. The second-order valence-electron chi connectivity index (χ2n) is 8.76. The molecule has 4 aliphatic carbocycles. The van der Waals surface area contributed by atoms with Crippen molar-refractivity contribution in [2.45, 2.75) is 71.0 Å². The Bertz CT molecular complexity index is 542. The van der Waals surface area contributed by atoms with Crippen molar-refractivity contribution >= 4 is 5.71 Å². The number of hydrogen-bond acceptors (Lipinski definition) is 3. The summed E-state index contributed by atoms with van der Waals surface area (Å²) in [6.07, 6.45) is 8.39. The fourth-order valence-corrected chi connectivity index (χ4v) is 6.44. The summed E-state index contributed by atoms with van der Waals surface area (Å²) in [4.78, 5) is 0. The Balaban J connectivity index is 1.75. The van der Waals surface area contributed by atoms with E-state index in [1.807, 2.05) is 0 Å². The summed E-state index contributed by atoms with van der Waals surface area (Å²) in [7, 11) is 0. The Kier molecular flexibility index (Phi) is 3.16. The van der Waals surface area contributed by atoms with Crippen LogP contribution in [-0.2, 0) is 0 Å². The highest BCUT2D eigenvalue weighted by molar-refractivity contribution is 5.89. The molecule has 3 heteroatoms. The molecular weight excluding hydrogens is 274 g/mol. The van der Waals surface area contributed by atoms with Crippen LogP contribution in [0.5, 0.6) is 0 Å². The zero-order chi connectivity index (χ0) is 15.7. The maximum Gasteiger partial charge on any atom is 0.0757 e. The third-order valence-electron chi connectivity index (χ3n) is 7.89. The Labute approximate surface area is 133 Å². The molecule has 0 bridgehead atoms. The van der Waals surface area contributed by atoms with E-state index in [4.69, 9.17) is 5.41 Å². The summed E-state index contributed by atoms with van der Waals surface area (Å²) < 4.78 is 0. The Morgan fingerprint density at radius 3 is 2.50 bits per heavy atom. The van der Waals surface area contributed by atoms with E-state index in [0.29, 0.717) is 17.8 Å². The predicted octanol–water partition coefficient (Wildman–Crippen LogP) is 3.30. The van der Waals surface area contributed by atoms with Gasteiger partial charge in [-0.25, -0.2) is 0 Å². The molecule has 3 saturated carbocycles. The molecule has 22 heavy (non-hydrogen) atoms. The van der Waals surface area contributed by atoms with Crippen molar-refractivity contribution in [2.24, 2.45) is 28.6 Å². The van der Waals surface area contributed by atoms with E-state index in [1.165, 1.54) is 5.57 Å². The molecule has 2 unspecified atom stereocenters. The molecule has 0 aromatic rings. The number of fused-ring (bicyclic) bond motifs is 5. The fraction of sp³-hybridized carbons (Fsp3) is 0.842. The maximum absolute atomic E-state index is 10.9. The van der Waals surface area contributed by atoms with E-state index in [0.717, 1.165) is 50.7 Å². The molecule has 0 aromatic heterocycles. The second kappa shape index (κ2) is 4.67. The summed E-state index contributed by atoms with van der Waals surface area (Å²) >= 11 is 0. The Hall–Kier alpha value is -0.670. The smallest absolute Gasteiger partial charge is 0.0757 e. The van der Waals surface area contributed by atoms with Gasteiger partial charge in [0.05, 0.1) is 12.2 Å². The van der Waals surface area contributed by atoms with Gasteiger partial charge in [0, 0.05) is 11.1 Å². The van der Waals surface area contributed by atoms with Crippen LogP contribution < -0.4 is 0 Å². The highest BCUT2D eigenvalue weighted by atomic mass is 16.3. The van der Waals surface area contributed by atoms with Gasteiger partial charge in [-0.15, -0.1) is 0 Å². The van der Waals surface area contributed by atoms with Crippen LogP contribution in [0.15, 0.2) is 11.6 Å². The molecule has 0 amide bonds. The minimum Gasteiger partial charge on any atom is -0.393 e. The van der Waals surface area contributed by atoms with Crippen molar-refractivity contribution in [3.8, 4) is 0 Å². The van der Waals surface area contributed by atoms with Gasteiger partial charge in [0.25, 0.3) is 0 Å². The van der Waals surface area contributed by atoms with E-state index >= 15 is 0 Å². The predicted molar refractivity (Wildman–Crippen MR) is 86.8 cm³/mol. The number of aliphatic hydroxyl groups excluding tert-OH is 2. The number of nitrogens with one attached hydrogen (secondary N) is 1. The third kappa shape index (κ3) is 1.78. The quantitative estimate of drug-likeness (QED) is 0.601. The number of rotatable bonds is 0. The van der Waals surface area contributed by atoms with Gasteiger partial charge in [-0.2, -0.15) is 0 Å². The largest absolute Gasteiger partial charge is 0.393 e. The van der Waals surface area contributed by atoms with Gasteiger partial charge < -0.3 is 15.6 Å². The first-order valence-electron chi connectivity index (χ1n) is 9.01. The first-order valence-corrected chi connectivity index (χ1v) is 9.01. The van der Waals surface area contributed by atoms with Crippen molar-refractivity contribution in [3.05, 3.63) is 11.6 Å². The van der Waals surface area contributed by atoms with E-state index in [-0.39, 0.29) is 23.0 Å². The monoisotopic (exact) mass is 303 g/mol. The van der Waals surface area contributed by atoms with Crippen LogP contribution in [-0.4, -0.2) is 28.1 Å². The van der Waals surface area contributed by atoms with E-state index in [1.54, 1.807) is 0 Å². The molecule has 0 saturated heterocycles. The average molecular weight is 303 g/mol. The lowest BCUT2D eigenvalue weighted by Crippen LogP contribution is -2.54. The Morgan fingerprint density at radius 2 is 1.73 bits per heavy atom. The van der Waals surface area contributed by atoms with Gasteiger partial charge in [0.1, 0.15) is 0 Å². The molecule has 0 aliphatic heterocycles. The first kappa shape index (κ1) is 14.9. The summed E-state index contributed by atoms with van der Waals surface area (Å²) in [5.41, 5.74) is 2.41. The van der Waals surface area contributed by atoms with E-state index in [2.05, 4.69) is 19.9 Å². The lowest BCUT2D eigenvalue weighted by Gasteiger charge is -2.58. The van der Waals surface area contributed by atoms with Crippen molar-refractivity contribution in [1.29, 1.82) is 5.41 Å². The van der Waals surface area contributed by atoms with Crippen molar-refractivity contribution in [3.63, 3.8) is 0 Å². The molecule has 0 heterocycles. The van der Waals surface area contributed by atoms with Crippen LogP contribution in [0.4, 0.5) is 0 Å². The Morgan fingerprint density at radius 1 is 1.05 bits per heavy atom. The van der Waals surface area contributed by atoms with Gasteiger partial charge in [-0.1, -0.05) is 25.5 Å². The zero-order valence-electron chi connectivity index (χ0n) is 13.8. The van der Waals surface area contributed by atoms with Gasteiger partial charge in [-0.05, 0) is 68.1 Å². The molecule has 3 nitrogen and oxygen atoms in total. The minimum absolute atomic E-state index is 0.0258. The van der Waals surface area contributed by atoms with E-state index in [9.17, 15) is 10.2 Å². The van der Waals surface area contributed by atoms with Crippen molar-refractivity contribution in [2.75, 3.05) is 0 Å². The molecule has 3 N–H and O–H groups in total. The summed E-state index contributed by atoms with van der Waals surface area (Å²) in [5, 5.41) is 29.3. The molecule has 7 atom stereocenters. The summed E-state index contributed by atoms with van der Waals surface area (Å²) in [6.45, 7) is 4.64. The maximum atomic E-state index is 10.9. The number of aliphatic hydroxyl groups is 2. The van der Waals surface area contributed by atoms with E-state index < -0.39 is 0 Å². The first-order chi connectivity index (χ1) is 10.4. The molecule has 122 valence electrons. The van der Waals surface area contributed by atoms with Crippen LogP contribution >= 0.6 is 0 Å². The van der Waals surface area contributed by atoms with Gasteiger partial charge in [0.2, 0.25) is 0 Å². The molecular formula is C19H29NO2. The summed E-state index contributed by atoms with van der Waals surface area (Å²) in [5.74, 6) is 1.31. The lowest BCUT2D eigenvalue weighted by molar-refractivity contribution is -0.0709. The third-order valence-corrected chi connectivity index (χ3v) is 7.89. The van der Waals surface area contributed by atoms with Crippen molar-refractivity contribution in [1.82, 2.24) is 0 Å². The van der Waals surface area contributed by atoms with Crippen LogP contribution in [0.25, 0.3) is 0 Å². The van der Waals surface area contributed by atoms with Gasteiger partial charge in [0.15, 0.2) is 0 Å². The molecule has 3 fully saturated rings. The molecule has 0 radical (unpaired) electrons. The van der Waals surface area contributed by atoms with Gasteiger partial charge >= 0.3 is 0 Å². The second-order valence-corrected chi connectivity index (χ2v) is 8.76. The normalized spacial score (nSPS) is 54.3. The molecule has 4 rings (SSSR count). The molecule has 4 aliphatic rings. The lowest BCUT2D eigenvalue weighted by atomic mass is 9.47. The topological polar surface area (TPSA) is 64.3 Å². The van der Waals surface area contributed by atoms with Crippen LogP contribution in [0.1, 0.15) is 58.8 Å². The van der Waals surface area contributed by atoms with Crippen molar-refractivity contribution < 1.29 is 10.2 Å². The zero-order valence-corrected chi connectivity index (χ0v) is 13.8. The van der Waals surface area contributed by atoms with Crippen LogP contribution in [0.3, 0.4) is 0 Å². The van der Waals surface area contributed by atoms with Gasteiger partial charge in [-0.3, -0.25) is 0 Å². The molecule has 0 aromatic carbocycles. The minimum atomic E-state index is -0.381. The average Bonchev–Trinajstić information content (AvgIpc) is 2.77. The SMILES string of the molecule is C[C@]12CCC(O)CC1=CC(O)[C@@H]1[C@H]2CC[C@]2(C)C(=N)CC[C@@H]12. The highest BCUT2D eigenvalue weighted by Crippen LogP contribution is 2.63. The van der Waals surface area contributed by atoms with Crippen LogP contribution in [0.2, 0.25) is 0 Å².